The Balaban J connectivity index is 1.75. The minimum atomic E-state index is -0.787. The number of amides is 1. The Hall–Kier alpha value is -2.83. The number of hydrogen-bond acceptors (Lipinski definition) is 4. The number of aryl methyl sites for hydroxylation is 1. The molecule has 1 fully saturated rings. The van der Waals surface area contributed by atoms with Gasteiger partial charge in [0.1, 0.15) is 17.3 Å². The average Bonchev–Trinajstić information content (AvgIpc) is 3.07. The van der Waals surface area contributed by atoms with Crippen LogP contribution in [-0.2, 0) is 4.79 Å². The lowest BCUT2D eigenvalue weighted by molar-refractivity contribution is -0.137. The number of nitrogens with zero attached hydrogens (tertiary/aromatic N) is 2. The van der Waals surface area contributed by atoms with Crippen LogP contribution in [0.5, 0.6) is 5.75 Å². The minimum Gasteiger partial charge on any atom is -0.497 e. The summed E-state index contributed by atoms with van der Waals surface area (Å²) in [6, 6.07) is 7.52. The van der Waals surface area contributed by atoms with Crippen molar-refractivity contribution in [1.29, 1.82) is 0 Å². The Bertz CT molecular complexity index is 830. The lowest BCUT2D eigenvalue weighted by Crippen LogP contribution is -2.40. The van der Waals surface area contributed by atoms with Gasteiger partial charge in [-0.1, -0.05) is 12.1 Å². The maximum absolute atomic E-state index is 13.0. The fraction of sp³-hybridized carbons (Fsp3) is 0.450. The SMILES string of the molecule is COc1cccc(-c2nc(C(=O)N3CCCC(CCC(=O)O)C3)c(C)[nH]2)c1. The van der Waals surface area contributed by atoms with E-state index in [1.54, 1.807) is 12.0 Å². The summed E-state index contributed by atoms with van der Waals surface area (Å²) >= 11 is 0. The zero-order valence-corrected chi connectivity index (χ0v) is 15.7. The number of carbonyl (C=O) groups is 2. The predicted molar refractivity (Wildman–Crippen MR) is 101 cm³/mol. The van der Waals surface area contributed by atoms with Gasteiger partial charge in [0.2, 0.25) is 0 Å². The highest BCUT2D eigenvalue weighted by atomic mass is 16.5. The molecule has 0 saturated carbocycles. The standard InChI is InChI=1S/C20H25N3O4/c1-13-18(22-19(21-13)15-6-3-7-16(11-15)27-2)20(26)23-10-4-5-14(12-23)8-9-17(24)25/h3,6-7,11,14H,4-5,8-10,12H2,1-2H3,(H,21,22)(H,24,25). The summed E-state index contributed by atoms with van der Waals surface area (Å²) in [5, 5.41) is 8.88. The molecule has 1 amide bonds. The highest BCUT2D eigenvalue weighted by Crippen LogP contribution is 2.25. The third-order valence-corrected chi connectivity index (χ3v) is 5.00. The number of piperidine rings is 1. The zero-order chi connectivity index (χ0) is 19.4. The number of carboxylic acids is 1. The molecule has 1 aliphatic rings. The molecule has 1 aliphatic heterocycles. The van der Waals surface area contributed by atoms with Gasteiger partial charge in [0.25, 0.3) is 5.91 Å². The number of likely N-dealkylation sites (tertiary alicyclic amines) is 1. The van der Waals surface area contributed by atoms with Gasteiger partial charge >= 0.3 is 5.97 Å². The number of methoxy groups -OCH3 is 1. The van der Waals surface area contributed by atoms with Crippen molar-refractivity contribution in [1.82, 2.24) is 14.9 Å². The molecule has 1 aromatic carbocycles. The minimum absolute atomic E-state index is 0.0991. The highest BCUT2D eigenvalue weighted by molar-refractivity contribution is 5.94. The summed E-state index contributed by atoms with van der Waals surface area (Å²) in [5.74, 6) is 0.708. The van der Waals surface area contributed by atoms with Crippen molar-refractivity contribution >= 4 is 11.9 Å². The Morgan fingerprint density at radius 2 is 2.22 bits per heavy atom. The number of H-pyrrole nitrogens is 1. The number of imidazole rings is 1. The van der Waals surface area contributed by atoms with Gasteiger partial charge in [-0.15, -0.1) is 0 Å². The van der Waals surface area contributed by atoms with Gasteiger partial charge in [-0.2, -0.15) is 0 Å². The van der Waals surface area contributed by atoms with Crippen LogP contribution in [0, 0.1) is 12.8 Å². The second kappa shape index (κ2) is 8.24. The number of aromatic nitrogens is 2. The van der Waals surface area contributed by atoms with E-state index in [2.05, 4.69) is 9.97 Å². The summed E-state index contributed by atoms with van der Waals surface area (Å²) in [6.45, 7) is 3.12. The predicted octanol–water partition coefficient (Wildman–Crippen LogP) is 3.11. The highest BCUT2D eigenvalue weighted by Gasteiger charge is 2.27. The van der Waals surface area contributed by atoms with Gasteiger partial charge in [0.05, 0.1) is 7.11 Å². The number of carboxylic acid groups (broad SMARTS) is 1. The molecule has 3 rings (SSSR count). The normalized spacial score (nSPS) is 17.0. The first-order valence-corrected chi connectivity index (χ1v) is 9.20. The number of aliphatic carboxylic acids is 1. The second-order valence-electron chi connectivity index (χ2n) is 6.98. The van der Waals surface area contributed by atoms with Crippen LogP contribution in [0.15, 0.2) is 24.3 Å². The van der Waals surface area contributed by atoms with E-state index in [9.17, 15) is 9.59 Å². The molecular formula is C20H25N3O4. The first-order valence-electron chi connectivity index (χ1n) is 9.20. The number of benzene rings is 1. The van der Waals surface area contributed by atoms with E-state index in [0.29, 0.717) is 31.0 Å². The molecule has 2 aromatic rings. The van der Waals surface area contributed by atoms with Gasteiger partial charge in [-0.3, -0.25) is 9.59 Å². The number of hydrogen-bond donors (Lipinski definition) is 2. The van der Waals surface area contributed by atoms with Crippen molar-refractivity contribution in [2.75, 3.05) is 20.2 Å². The molecule has 7 heteroatoms. The average molecular weight is 371 g/mol. The lowest BCUT2D eigenvalue weighted by atomic mass is 9.93. The van der Waals surface area contributed by atoms with Crippen molar-refractivity contribution < 1.29 is 19.4 Å². The van der Waals surface area contributed by atoms with E-state index in [-0.39, 0.29) is 18.2 Å². The molecule has 27 heavy (non-hydrogen) atoms. The Kier molecular flexibility index (Phi) is 5.78. The zero-order valence-electron chi connectivity index (χ0n) is 15.7. The summed E-state index contributed by atoms with van der Waals surface area (Å²) in [6.07, 6.45) is 2.61. The van der Waals surface area contributed by atoms with Crippen LogP contribution < -0.4 is 4.74 Å². The summed E-state index contributed by atoms with van der Waals surface area (Å²) in [5.41, 5.74) is 2.01. The largest absolute Gasteiger partial charge is 0.497 e. The van der Waals surface area contributed by atoms with E-state index in [0.717, 1.165) is 29.8 Å². The van der Waals surface area contributed by atoms with Crippen LogP contribution in [0.25, 0.3) is 11.4 Å². The van der Waals surface area contributed by atoms with Crippen LogP contribution in [0.3, 0.4) is 0 Å². The first-order chi connectivity index (χ1) is 13.0. The van der Waals surface area contributed by atoms with Gasteiger partial charge in [-0.25, -0.2) is 4.98 Å². The van der Waals surface area contributed by atoms with Crippen molar-refractivity contribution in [3.63, 3.8) is 0 Å². The fourth-order valence-electron chi connectivity index (χ4n) is 3.54. The maximum atomic E-state index is 13.0. The van der Waals surface area contributed by atoms with Crippen LogP contribution in [0.1, 0.15) is 41.9 Å². The van der Waals surface area contributed by atoms with Crippen LogP contribution in [0.4, 0.5) is 0 Å². The molecule has 0 spiro atoms. The van der Waals surface area contributed by atoms with Crippen LogP contribution >= 0.6 is 0 Å². The van der Waals surface area contributed by atoms with Crippen molar-refractivity contribution in [3.05, 3.63) is 35.7 Å². The van der Waals surface area contributed by atoms with Gasteiger partial charge in [0.15, 0.2) is 0 Å². The first kappa shape index (κ1) is 18.9. The number of rotatable bonds is 6. The molecule has 1 unspecified atom stereocenters. The number of aromatic amines is 1. The van der Waals surface area contributed by atoms with E-state index in [4.69, 9.17) is 9.84 Å². The van der Waals surface area contributed by atoms with Crippen LogP contribution in [0.2, 0.25) is 0 Å². The third-order valence-electron chi connectivity index (χ3n) is 5.00. The number of nitrogens with one attached hydrogen (secondary N) is 1. The summed E-state index contributed by atoms with van der Waals surface area (Å²) in [7, 11) is 1.61. The summed E-state index contributed by atoms with van der Waals surface area (Å²) in [4.78, 5) is 33.3. The molecule has 7 nitrogen and oxygen atoms in total. The van der Waals surface area contributed by atoms with E-state index >= 15 is 0 Å². The maximum Gasteiger partial charge on any atom is 0.303 e. The molecule has 1 saturated heterocycles. The molecule has 1 aromatic heterocycles. The number of carbonyl (C=O) groups excluding carboxylic acids is 1. The molecule has 0 aliphatic carbocycles. The second-order valence-corrected chi connectivity index (χ2v) is 6.98. The summed E-state index contributed by atoms with van der Waals surface area (Å²) < 4.78 is 5.25. The Morgan fingerprint density at radius 3 is 2.96 bits per heavy atom. The molecule has 2 N–H and O–H groups in total. The molecular weight excluding hydrogens is 346 g/mol. The van der Waals surface area contributed by atoms with Gasteiger partial charge < -0.3 is 19.7 Å². The van der Waals surface area contributed by atoms with Gasteiger partial charge in [0, 0.05) is 30.8 Å². The van der Waals surface area contributed by atoms with E-state index < -0.39 is 5.97 Å². The van der Waals surface area contributed by atoms with E-state index in [1.165, 1.54) is 0 Å². The van der Waals surface area contributed by atoms with Crippen molar-refractivity contribution in [2.24, 2.45) is 5.92 Å². The quantitative estimate of drug-likeness (QED) is 0.813. The van der Waals surface area contributed by atoms with E-state index in [1.807, 2.05) is 31.2 Å². The third kappa shape index (κ3) is 4.48. The molecule has 1 atom stereocenters. The monoisotopic (exact) mass is 371 g/mol. The lowest BCUT2D eigenvalue weighted by Gasteiger charge is -2.32. The van der Waals surface area contributed by atoms with Crippen molar-refractivity contribution in [3.8, 4) is 17.1 Å². The smallest absolute Gasteiger partial charge is 0.303 e. The fourth-order valence-corrected chi connectivity index (χ4v) is 3.54. The molecule has 2 heterocycles. The van der Waals surface area contributed by atoms with Gasteiger partial charge in [-0.05, 0) is 44.2 Å². The Labute approximate surface area is 158 Å². The van der Waals surface area contributed by atoms with Crippen molar-refractivity contribution in [2.45, 2.75) is 32.6 Å². The topological polar surface area (TPSA) is 95.5 Å². The van der Waals surface area contributed by atoms with Crippen LogP contribution in [-0.4, -0.2) is 52.1 Å². The number of ether oxygens (including phenoxy) is 1. The Morgan fingerprint density at radius 1 is 1.41 bits per heavy atom. The molecule has 144 valence electrons. The molecule has 0 radical (unpaired) electrons. The molecule has 0 bridgehead atoms.